The van der Waals surface area contributed by atoms with E-state index in [0.717, 1.165) is 50.1 Å². The molecule has 4 heteroatoms. The number of nitrogens with one attached hydrogen (secondary N) is 1. The number of benzene rings is 1. The highest BCUT2D eigenvalue weighted by molar-refractivity contribution is 5.18. The number of rotatable bonds is 2. The Balaban J connectivity index is 1.65. The number of halogens is 2. The minimum atomic E-state index is -0.767. The van der Waals surface area contributed by atoms with Crippen molar-refractivity contribution in [3.8, 4) is 0 Å². The number of hydrogen-bond donors (Lipinski definition) is 1. The van der Waals surface area contributed by atoms with Gasteiger partial charge in [-0.3, -0.25) is 4.90 Å². The molecule has 2 aliphatic heterocycles. The summed E-state index contributed by atoms with van der Waals surface area (Å²) in [5.74, 6) is -0.0413. The van der Waals surface area contributed by atoms with Gasteiger partial charge in [0.05, 0.1) is 0 Å². The SMILES string of the molecule is Fc1ccc(CN2C[C@H]3CNC[C@H]3C2)cc1F. The lowest BCUT2D eigenvalue weighted by atomic mass is 10.0. The third-order valence-electron chi connectivity index (χ3n) is 3.86. The Bertz CT molecular complexity index is 410. The molecule has 92 valence electrons. The first-order valence-corrected chi connectivity index (χ1v) is 6.09. The second kappa shape index (κ2) is 4.35. The van der Waals surface area contributed by atoms with Gasteiger partial charge in [-0.25, -0.2) is 8.78 Å². The summed E-state index contributed by atoms with van der Waals surface area (Å²) >= 11 is 0. The first-order chi connectivity index (χ1) is 8.22. The van der Waals surface area contributed by atoms with Crippen LogP contribution in [0.5, 0.6) is 0 Å². The fourth-order valence-electron chi connectivity index (χ4n) is 2.98. The molecule has 0 spiro atoms. The molecule has 17 heavy (non-hydrogen) atoms. The Labute approximate surface area is 99.6 Å². The molecule has 2 heterocycles. The second-order valence-corrected chi connectivity index (χ2v) is 5.12. The second-order valence-electron chi connectivity index (χ2n) is 5.12. The van der Waals surface area contributed by atoms with Crippen molar-refractivity contribution in [1.82, 2.24) is 10.2 Å². The van der Waals surface area contributed by atoms with Crippen LogP contribution in [0, 0.1) is 23.5 Å². The van der Waals surface area contributed by atoms with E-state index < -0.39 is 11.6 Å². The van der Waals surface area contributed by atoms with Gasteiger partial charge in [-0.15, -0.1) is 0 Å². The largest absolute Gasteiger partial charge is 0.316 e. The number of nitrogens with zero attached hydrogens (tertiary/aromatic N) is 1. The smallest absolute Gasteiger partial charge is 0.159 e. The third-order valence-corrected chi connectivity index (χ3v) is 3.86. The molecule has 0 unspecified atom stereocenters. The first kappa shape index (κ1) is 11.1. The predicted octanol–water partition coefficient (Wildman–Crippen LogP) is 1.62. The third kappa shape index (κ3) is 2.19. The molecule has 0 aliphatic carbocycles. The van der Waals surface area contributed by atoms with E-state index in [2.05, 4.69) is 10.2 Å². The van der Waals surface area contributed by atoms with Crippen LogP contribution in [0.2, 0.25) is 0 Å². The monoisotopic (exact) mass is 238 g/mol. The summed E-state index contributed by atoms with van der Waals surface area (Å²) in [5.41, 5.74) is 0.858. The molecule has 0 aromatic heterocycles. The van der Waals surface area contributed by atoms with Gasteiger partial charge in [0.2, 0.25) is 0 Å². The van der Waals surface area contributed by atoms with Crippen LogP contribution in [-0.2, 0) is 6.54 Å². The van der Waals surface area contributed by atoms with Crippen molar-refractivity contribution in [3.05, 3.63) is 35.4 Å². The van der Waals surface area contributed by atoms with Crippen molar-refractivity contribution in [2.24, 2.45) is 11.8 Å². The van der Waals surface area contributed by atoms with Gasteiger partial charge in [0.15, 0.2) is 11.6 Å². The average Bonchev–Trinajstić information content (AvgIpc) is 2.84. The molecule has 2 atom stereocenters. The zero-order valence-electron chi connectivity index (χ0n) is 9.63. The number of fused-ring (bicyclic) bond motifs is 1. The fourth-order valence-corrected chi connectivity index (χ4v) is 2.98. The van der Waals surface area contributed by atoms with Crippen LogP contribution in [0.25, 0.3) is 0 Å². The summed E-state index contributed by atoms with van der Waals surface area (Å²) in [7, 11) is 0. The van der Waals surface area contributed by atoms with Gasteiger partial charge >= 0.3 is 0 Å². The van der Waals surface area contributed by atoms with Crippen LogP contribution >= 0.6 is 0 Å². The van der Waals surface area contributed by atoms with Gasteiger partial charge in [-0.05, 0) is 42.6 Å². The Morgan fingerprint density at radius 2 is 1.82 bits per heavy atom. The van der Waals surface area contributed by atoms with Crippen molar-refractivity contribution in [3.63, 3.8) is 0 Å². The molecule has 0 radical (unpaired) electrons. The maximum absolute atomic E-state index is 13.1. The topological polar surface area (TPSA) is 15.3 Å². The van der Waals surface area contributed by atoms with E-state index in [-0.39, 0.29) is 0 Å². The predicted molar refractivity (Wildman–Crippen MR) is 61.5 cm³/mol. The maximum atomic E-state index is 13.1. The molecule has 1 aromatic rings. The molecule has 2 aliphatic rings. The van der Waals surface area contributed by atoms with Gasteiger partial charge in [0, 0.05) is 19.6 Å². The zero-order chi connectivity index (χ0) is 11.8. The van der Waals surface area contributed by atoms with Gasteiger partial charge < -0.3 is 5.32 Å². The van der Waals surface area contributed by atoms with Crippen LogP contribution < -0.4 is 5.32 Å². The Morgan fingerprint density at radius 3 is 2.47 bits per heavy atom. The fraction of sp³-hybridized carbons (Fsp3) is 0.538. The molecular weight excluding hydrogens is 222 g/mol. The highest BCUT2D eigenvalue weighted by atomic mass is 19.2. The first-order valence-electron chi connectivity index (χ1n) is 6.09. The summed E-state index contributed by atoms with van der Waals surface area (Å²) in [5, 5.41) is 3.39. The normalized spacial score (nSPS) is 28.6. The van der Waals surface area contributed by atoms with E-state index in [4.69, 9.17) is 0 Å². The Morgan fingerprint density at radius 1 is 1.12 bits per heavy atom. The maximum Gasteiger partial charge on any atom is 0.159 e. The van der Waals surface area contributed by atoms with Crippen LogP contribution in [0.4, 0.5) is 8.78 Å². The molecule has 3 rings (SSSR count). The van der Waals surface area contributed by atoms with E-state index in [9.17, 15) is 8.78 Å². The molecular formula is C13H16F2N2. The van der Waals surface area contributed by atoms with Crippen LogP contribution in [0.15, 0.2) is 18.2 Å². The summed E-state index contributed by atoms with van der Waals surface area (Å²) in [6.07, 6.45) is 0. The standard InChI is InChI=1S/C13H16F2N2/c14-12-2-1-9(3-13(12)15)6-17-7-10-4-16-5-11(10)8-17/h1-3,10-11,16H,4-8H2/t10-,11+. The molecule has 1 aromatic carbocycles. The summed E-state index contributed by atoms with van der Waals surface area (Å²) in [4.78, 5) is 2.34. The van der Waals surface area contributed by atoms with Crippen LogP contribution in [-0.4, -0.2) is 31.1 Å². The molecule has 1 N–H and O–H groups in total. The van der Waals surface area contributed by atoms with E-state index in [1.807, 2.05) is 0 Å². The lowest BCUT2D eigenvalue weighted by Crippen LogP contribution is -2.25. The van der Waals surface area contributed by atoms with Crippen molar-refractivity contribution in [2.45, 2.75) is 6.54 Å². The van der Waals surface area contributed by atoms with E-state index in [1.54, 1.807) is 6.07 Å². The van der Waals surface area contributed by atoms with Crippen molar-refractivity contribution < 1.29 is 8.78 Å². The van der Waals surface area contributed by atoms with Gasteiger partial charge in [0.25, 0.3) is 0 Å². The highest BCUT2D eigenvalue weighted by Gasteiger charge is 2.35. The lowest BCUT2D eigenvalue weighted by Gasteiger charge is -2.16. The van der Waals surface area contributed by atoms with Gasteiger partial charge in [-0.2, -0.15) is 0 Å². The van der Waals surface area contributed by atoms with E-state index in [1.165, 1.54) is 12.1 Å². The summed E-state index contributed by atoms with van der Waals surface area (Å²) in [6, 6.07) is 4.19. The summed E-state index contributed by atoms with van der Waals surface area (Å²) in [6.45, 7) is 5.05. The van der Waals surface area contributed by atoms with Crippen molar-refractivity contribution in [1.29, 1.82) is 0 Å². The molecule has 2 saturated heterocycles. The number of hydrogen-bond acceptors (Lipinski definition) is 2. The molecule has 0 saturated carbocycles. The van der Waals surface area contributed by atoms with E-state index >= 15 is 0 Å². The Hall–Kier alpha value is -1.00. The average molecular weight is 238 g/mol. The zero-order valence-corrected chi connectivity index (χ0v) is 9.63. The molecule has 2 nitrogen and oxygen atoms in total. The van der Waals surface area contributed by atoms with Crippen molar-refractivity contribution >= 4 is 0 Å². The number of likely N-dealkylation sites (tertiary alicyclic amines) is 1. The van der Waals surface area contributed by atoms with Gasteiger partial charge in [0.1, 0.15) is 0 Å². The van der Waals surface area contributed by atoms with Crippen LogP contribution in [0.3, 0.4) is 0 Å². The van der Waals surface area contributed by atoms with Gasteiger partial charge in [-0.1, -0.05) is 6.07 Å². The van der Waals surface area contributed by atoms with E-state index in [0.29, 0.717) is 0 Å². The molecule has 0 bridgehead atoms. The lowest BCUT2D eigenvalue weighted by molar-refractivity contribution is 0.305. The minimum Gasteiger partial charge on any atom is -0.316 e. The Kier molecular flexibility index (Phi) is 2.84. The molecule has 2 fully saturated rings. The van der Waals surface area contributed by atoms with Crippen LogP contribution in [0.1, 0.15) is 5.56 Å². The quantitative estimate of drug-likeness (QED) is 0.842. The molecule has 0 amide bonds. The minimum absolute atomic E-state index is 0.726. The highest BCUT2D eigenvalue weighted by Crippen LogP contribution is 2.27. The summed E-state index contributed by atoms with van der Waals surface area (Å²) < 4.78 is 25.9. The van der Waals surface area contributed by atoms with Crippen molar-refractivity contribution in [2.75, 3.05) is 26.2 Å².